The minimum atomic E-state index is -0.794. The Morgan fingerprint density at radius 3 is 2.76 bits per heavy atom. The van der Waals surface area contributed by atoms with Crippen LogP contribution < -0.4 is 11.1 Å². The van der Waals surface area contributed by atoms with Crippen molar-refractivity contribution in [2.24, 2.45) is 0 Å². The summed E-state index contributed by atoms with van der Waals surface area (Å²) in [5.41, 5.74) is 7.51. The zero-order valence-electron chi connectivity index (χ0n) is 16.9. The Balaban J connectivity index is 1.80. The van der Waals surface area contributed by atoms with Crippen LogP contribution in [0.15, 0.2) is 18.2 Å². The molecule has 0 saturated heterocycles. The minimum absolute atomic E-state index is 0.172. The standard InChI is InChI=1S/C21H25FN6O/c1-4-5-6-7-8-14-13-11-12(22)9-10-15(13)28(27-14)20-24-17(23)16-18(26-20)25-19(29)21(16,2)3/h9-11H,4-8H2,1-3H3,(H3,23,24,25,26,29). The number of amides is 1. The lowest BCUT2D eigenvalue weighted by molar-refractivity contribution is -0.119. The van der Waals surface area contributed by atoms with Crippen LogP contribution in [0.2, 0.25) is 0 Å². The monoisotopic (exact) mass is 396 g/mol. The van der Waals surface area contributed by atoms with E-state index in [9.17, 15) is 9.18 Å². The molecule has 0 radical (unpaired) electrons. The van der Waals surface area contributed by atoms with Gasteiger partial charge < -0.3 is 11.1 Å². The van der Waals surface area contributed by atoms with Gasteiger partial charge in [0.15, 0.2) is 0 Å². The van der Waals surface area contributed by atoms with E-state index < -0.39 is 5.41 Å². The Bertz CT molecular complexity index is 1100. The van der Waals surface area contributed by atoms with Crippen LogP contribution in [-0.4, -0.2) is 25.7 Å². The Hall–Kier alpha value is -3.03. The van der Waals surface area contributed by atoms with Gasteiger partial charge in [-0.3, -0.25) is 4.79 Å². The number of aromatic nitrogens is 4. The van der Waals surface area contributed by atoms with Gasteiger partial charge in [-0.1, -0.05) is 26.2 Å². The van der Waals surface area contributed by atoms with Crippen LogP contribution in [0.5, 0.6) is 0 Å². The highest BCUT2D eigenvalue weighted by molar-refractivity contribution is 6.06. The van der Waals surface area contributed by atoms with Gasteiger partial charge in [-0.05, 0) is 44.9 Å². The molecule has 0 bridgehead atoms. The van der Waals surface area contributed by atoms with Crippen LogP contribution in [-0.2, 0) is 16.6 Å². The molecule has 0 atom stereocenters. The lowest BCUT2D eigenvalue weighted by Crippen LogP contribution is -2.27. The second-order valence-corrected chi connectivity index (χ2v) is 8.04. The van der Waals surface area contributed by atoms with Crippen LogP contribution in [0.25, 0.3) is 16.9 Å². The molecule has 2 aromatic heterocycles. The number of carbonyl (C=O) groups is 1. The van der Waals surface area contributed by atoms with E-state index in [1.807, 2.05) is 0 Å². The summed E-state index contributed by atoms with van der Waals surface area (Å²) in [4.78, 5) is 21.2. The summed E-state index contributed by atoms with van der Waals surface area (Å²) in [5, 5.41) is 8.20. The van der Waals surface area contributed by atoms with E-state index in [0.717, 1.165) is 43.2 Å². The van der Waals surface area contributed by atoms with E-state index in [1.54, 1.807) is 24.6 Å². The third kappa shape index (κ3) is 3.22. The van der Waals surface area contributed by atoms with Crippen molar-refractivity contribution in [3.05, 3.63) is 35.3 Å². The molecule has 0 spiro atoms. The van der Waals surface area contributed by atoms with E-state index in [4.69, 9.17) is 5.73 Å². The normalized spacial score (nSPS) is 15.0. The Kier molecular flexibility index (Phi) is 4.72. The van der Waals surface area contributed by atoms with E-state index in [2.05, 4.69) is 27.3 Å². The third-order valence-electron chi connectivity index (χ3n) is 5.52. The number of nitrogens with two attached hydrogens (primary N) is 1. The van der Waals surface area contributed by atoms with Gasteiger partial charge in [0.05, 0.1) is 22.2 Å². The van der Waals surface area contributed by atoms with Crippen molar-refractivity contribution in [1.29, 1.82) is 0 Å². The molecule has 152 valence electrons. The van der Waals surface area contributed by atoms with E-state index in [1.165, 1.54) is 12.1 Å². The molecule has 8 heteroatoms. The molecule has 4 rings (SSSR count). The number of halogens is 1. The molecular formula is C21H25FN6O. The summed E-state index contributed by atoms with van der Waals surface area (Å²) < 4.78 is 15.5. The van der Waals surface area contributed by atoms with E-state index >= 15 is 0 Å². The van der Waals surface area contributed by atoms with Crippen molar-refractivity contribution in [2.45, 2.75) is 58.3 Å². The molecule has 1 aliphatic rings. The molecule has 0 unspecified atom stereocenters. The summed E-state index contributed by atoms with van der Waals surface area (Å²) in [6, 6.07) is 4.56. The number of unbranched alkanes of at least 4 members (excludes halogenated alkanes) is 3. The molecular weight excluding hydrogens is 371 g/mol. The van der Waals surface area contributed by atoms with Crippen LogP contribution in [0.1, 0.15) is 57.7 Å². The zero-order chi connectivity index (χ0) is 20.8. The van der Waals surface area contributed by atoms with Gasteiger partial charge in [0.25, 0.3) is 5.95 Å². The van der Waals surface area contributed by atoms with Crippen LogP contribution in [0.4, 0.5) is 16.0 Å². The molecule has 0 saturated carbocycles. The summed E-state index contributed by atoms with van der Waals surface area (Å²) in [7, 11) is 0. The van der Waals surface area contributed by atoms with Crippen LogP contribution in [0, 0.1) is 5.82 Å². The fourth-order valence-electron chi connectivity index (χ4n) is 3.85. The quantitative estimate of drug-likeness (QED) is 0.616. The first-order valence-electron chi connectivity index (χ1n) is 10.00. The van der Waals surface area contributed by atoms with Gasteiger partial charge in [-0.2, -0.15) is 19.7 Å². The largest absolute Gasteiger partial charge is 0.383 e. The molecule has 1 amide bonds. The molecule has 7 nitrogen and oxygen atoms in total. The summed E-state index contributed by atoms with van der Waals surface area (Å²) in [6.07, 6.45) is 5.13. The highest BCUT2D eigenvalue weighted by atomic mass is 19.1. The lowest BCUT2D eigenvalue weighted by atomic mass is 9.87. The number of nitrogen functional groups attached to an aromatic ring is 1. The molecule has 0 fully saturated rings. The first-order chi connectivity index (χ1) is 13.8. The van der Waals surface area contributed by atoms with Gasteiger partial charge in [0.2, 0.25) is 5.91 Å². The number of benzene rings is 1. The number of nitrogens with zero attached hydrogens (tertiary/aromatic N) is 4. The SMILES string of the molecule is CCCCCCc1nn(-c2nc(N)c3c(n2)NC(=O)C3(C)C)c2ccc(F)cc12. The van der Waals surface area contributed by atoms with Crippen molar-refractivity contribution in [3.63, 3.8) is 0 Å². The number of nitrogens with one attached hydrogen (secondary N) is 1. The number of rotatable bonds is 6. The number of fused-ring (bicyclic) bond motifs is 2. The number of hydrogen-bond donors (Lipinski definition) is 2. The second-order valence-electron chi connectivity index (χ2n) is 8.04. The summed E-state index contributed by atoms with van der Waals surface area (Å²) in [5.74, 6) is 0.418. The van der Waals surface area contributed by atoms with Crippen LogP contribution in [0.3, 0.4) is 0 Å². The molecule has 1 aliphatic heterocycles. The maximum atomic E-state index is 13.9. The number of hydrogen-bond acceptors (Lipinski definition) is 5. The maximum Gasteiger partial charge on any atom is 0.255 e. The zero-order valence-corrected chi connectivity index (χ0v) is 16.9. The van der Waals surface area contributed by atoms with Gasteiger partial charge >= 0.3 is 0 Å². The fourth-order valence-corrected chi connectivity index (χ4v) is 3.85. The van der Waals surface area contributed by atoms with Gasteiger partial charge in [0.1, 0.15) is 17.5 Å². The Morgan fingerprint density at radius 2 is 2.00 bits per heavy atom. The first-order valence-corrected chi connectivity index (χ1v) is 10.00. The smallest absolute Gasteiger partial charge is 0.255 e. The first kappa shape index (κ1) is 19.3. The van der Waals surface area contributed by atoms with E-state index in [0.29, 0.717) is 16.9 Å². The topological polar surface area (TPSA) is 98.7 Å². The molecule has 3 N–H and O–H groups in total. The van der Waals surface area contributed by atoms with Crippen molar-refractivity contribution < 1.29 is 9.18 Å². The van der Waals surface area contributed by atoms with Crippen molar-refractivity contribution in [3.8, 4) is 5.95 Å². The predicted octanol–water partition coefficient (Wildman–Crippen LogP) is 3.89. The Morgan fingerprint density at radius 1 is 1.21 bits per heavy atom. The molecule has 3 aromatic rings. The summed E-state index contributed by atoms with van der Waals surface area (Å²) in [6.45, 7) is 5.73. The molecule has 3 heterocycles. The second kappa shape index (κ2) is 7.09. The van der Waals surface area contributed by atoms with Gasteiger partial charge in [-0.25, -0.2) is 4.39 Å². The summed E-state index contributed by atoms with van der Waals surface area (Å²) >= 11 is 0. The van der Waals surface area contributed by atoms with Gasteiger partial charge in [0, 0.05) is 5.39 Å². The van der Waals surface area contributed by atoms with Crippen LogP contribution >= 0.6 is 0 Å². The molecule has 29 heavy (non-hydrogen) atoms. The fraction of sp³-hybridized carbons (Fsp3) is 0.429. The average Bonchev–Trinajstić information content (AvgIpc) is 3.13. The van der Waals surface area contributed by atoms with Gasteiger partial charge in [-0.15, -0.1) is 0 Å². The maximum absolute atomic E-state index is 13.9. The predicted molar refractivity (Wildman–Crippen MR) is 111 cm³/mol. The van der Waals surface area contributed by atoms with Crippen molar-refractivity contribution in [2.75, 3.05) is 11.1 Å². The van der Waals surface area contributed by atoms with Crippen molar-refractivity contribution >= 4 is 28.4 Å². The molecule has 0 aliphatic carbocycles. The van der Waals surface area contributed by atoms with E-state index in [-0.39, 0.29) is 23.5 Å². The average molecular weight is 396 g/mol. The Labute approximate surface area is 168 Å². The third-order valence-corrected chi connectivity index (χ3v) is 5.52. The lowest BCUT2D eigenvalue weighted by Gasteiger charge is -2.16. The number of aryl methyl sites for hydroxylation is 1. The number of anilines is 2. The highest BCUT2D eigenvalue weighted by Crippen LogP contribution is 2.39. The minimum Gasteiger partial charge on any atom is -0.383 e. The molecule has 1 aromatic carbocycles. The highest BCUT2D eigenvalue weighted by Gasteiger charge is 2.42. The van der Waals surface area contributed by atoms with Crippen molar-refractivity contribution in [1.82, 2.24) is 19.7 Å². The number of carbonyl (C=O) groups excluding carboxylic acids is 1.